The number of carbonyl (C=O) groups excluding carboxylic acids is 1. The topological polar surface area (TPSA) is 59.6 Å². The highest BCUT2D eigenvalue weighted by Crippen LogP contribution is 2.16. The molecule has 5 nitrogen and oxygen atoms in total. The van der Waals surface area contributed by atoms with Crippen LogP contribution in [-0.4, -0.2) is 38.8 Å². The first kappa shape index (κ1) is 14.0. The summed E-state index contributed by atoms with van der Waals surface area (Å²) in [5.74, 6) is -0.00782. The van der Waals surface area contributed by atoms with Crippen molar-refractivity contribution >= 4 is 11.6 Å². The first-order chi connectivity index (χ1) is 9.29. The molecule has 1 unspecified atom stereocenters. The SMILES string of the molecule is COCc1ccccc1NC(=O)CC1COCCN1. The molecule has 0 spiro atoms. The number of ether oxygens (including phenoxy) is 2. The van der Waals surface area contributed by atoms with E-state index in [0.29, 0.717) is 19.6 Å². The maximum absolute atomic E-state index is 12.0. The molecule has 1 aromatic rings. The summed E-state index contributed by atoms with van der Waals surface area (Å²) in [5.41, 5.74) is 1.79. The summed E-state index contributed by atoms with van der Waals surface area (Å²) in [6.45, 7) is 2.60. The van der Waals surface area contributed by atoms with Crippen LogP contribution in [-0.2, 0) is 20.9 Å². The second-order valence-electron chi connectivity index (χ2n) is 4.57. The third-order valence-corrected chi connectivity index (χ3v) is 3.02. The van der Waals surface area contributed by atoms with E-state index in [9.17, 15) is 4.79 Å². The quantitative estimate of drug-likeness (QED) is 0.837. The second-order valence-corrected chi connectivity index (χ2v) is 4.57. The molecule has 1 heterocycles. The van der Waals surface area contributed by atoms with E-state index >= 15 is 0 Å². The molecule has 5 heteroatoms. The Morgan fingerprint density at radius 1 is 1.53 bits per heavy atom. The predicted molar refractivity (Wildman–Crippen MR) is 73.0 cm³/mol. The zero-order chi connectivity index (χ0) is 13.5. The number of hydrogen-bond acceptors (Lipinski definition) is 4. The molecule has 1 aromatic carbocycles. The largest absolute Gasteiger partial charge is 0.380 e. The van der Waals surface area contributed by atoms with E-state index in [1.54, 1.807) is 7.11 Å². The van der Waals surface area contributed by atoms with E-state index in [-0.39, 0.29) is 11.9 Å². The van der Waals surface area contributed by atoms with Crippen LogP contribution in [0.25, 0.3) is 0 Å². The summed E-state index contributed by atoms with van der Waals surface area (Å²) >= 11 is 0. The number of morpholine rings is 1. The van der Waals surface area contributed by atoms with Gasteiger partial charge in [-0.25, -0.2) is 0 Å². The lowest BCUT2D eigenvalue weighted by Crippen LogP contribution is -2.43. The molecular formula is C14H20N2O3. The first-order valence-corrected chi connectivity index (χ1v) is 6.47. The lowest BCUT2D eigenvalue weighted by molar-refractivity contribution is -0.117. The third kappa shape index (κ3) is 4.31. The molecule has 0 bridgehead atoms. The molecule has 1 aliphatic heterocycles. The van der Waals surface area contributed by atoms with Crippen LogP contribution in [0.1, 0.15) is 12.0 Å². The summed E-state index contributed by atoms with van der Waals surface area (Å²) in [6, 6.07) is 7.76. The summed E-state index contributed by atoms with van der Waals surface area (Å²) in [5, 5.41) is 6.19. The van der Waals surface area contributed by atoms with Gasteiger partial charge in [0, 0.05) is 37.4 Å². The van der Waals surface area contributed by atoms with E-state index in [1.165, 1.54) is 0 Å². The van der Waals surface area contributed by atoms with Crippen LogP contribution in [0.5, 0.6) is 0 Å². The molecule has 0 saturated carbocycles. The molecule has 19 heavy (non-hydrogen) atoms. The Bertz CT molecular complexity index is 417. The lowest BCUT2D eigenvalue weighted by Gasteiger charge is -2.23. The number of nitrogens with one attached hydrogen (secondary N) is 2. The first-order valence-electron chi connectivity index (χ1n) is 6.47. The van der Waals surface area contributed by atoms with E-state index < -0.39 is 0 Å². The molecular weight excluding hydrogens is 244 g/mol. The van der Waals surface area contributed by atoms with Gasteiger partial charge in [0.05, 0.1) is 19.8 Å². The molecule has 0 radical (unpaired) electrons. The summed E-state index contributed by atoms with van der Waals surface area (Å²) in [7, 11) is 1.64. The fraction of sp³-hybridized carbons (Fsp3) is 0.500. The minimum absolute atomic E-state index is 0.00782. The molecule has 2 N–H and O–H groups in total. The fourth-order valence-electron chi connectivity index (χ4n) is 2.10. The van der Waals surface area contributed by atoms with Crippen molar-refractivity contribution in [3.05, 3.63) is 29.8 Å². The average molecular weight is 264 g/mol. The van der Waals surface area contributed by atoms with Gasteiger partial charge in [-0.15, -0.1) is 0 Å². The Kier molecular flexibility index (Phi) is 5.32. The lowest BCUT2D eigenvalue weighted by atomic mass is 10.1. The molecule has 1 amide bonds. The van der Waals surface area contributed by atoms with E-state index in [0.717, 1.165) is 24.4 Å². The van der Waals surface area contributed by atoms with Crippen molar-refractivity contribution < 1.29 is 14.3 Å². The van der Waals surface area contributed by atoms with Crippen molar-refractivity contribution in [1.82, 2.24) is 5.32 Å². The van der Waals surface area contributed by atoms with Gasteiger partial charge in [-0.3, -0.25) is 4.79 Å². The molecule has 1 fully saturated rings. The van der Waals surface area contributed by atoms with Crippen LogP contribution in [0.15, 0.2) is 24.3 Å². The number of carbonyl (C=O) groups is 1. The average Bonchev–Trinajstić information content (AvgIpc) is 2.42. The fourth-order valence-corrected chi connectivity index (χ4v) is 2.10. The molecule has 0 aliphatic carbocycles. The summed E-state index contributed by atoms with van der Waals surface area (Å²) < 4.78 is 10.4. The minimum atomic E-state index is -0.00782. The highest BCUT2D eigenvalue weighted by atomic mass is 16.5. The highest BCUT2D eigenvalue weighted by molar-refractivity contribution is 5.91. The number of benzene rings is 1. The van der Waals surface area contributed by atoms with Crippen LogP contribution < -0.4 is 10.6 Å². The predicted octanol–water partition coefficient (Wildman–Crippen LogP) is 1.15. The van der Waals surface area contributed by atoms with Gasteiger partial charge in [0.25, 0.3) is 0 Å². The van der Waals surface area contributed by atoms with Gasteiger partial charge in [-0.05, 0) is 6.07 Å². The number of rotatable bonds is 5. The second kappa shape index (κ2) is 7.23. The maximum atomic E-state index is 12.0. The summed E-state index contributed by atoms with van der Waals surface area (Å²) in [4.78, 5) is 12.0. The Morgan fingerprint density at radius 2 is 2.37 bits per heavy atom. The van der Waals surface area contributed by atoms with Gasteiger partial charge in [0.15, 0.2) is 0 Å². The van der Waals surface area contributed by atoms with Crippen LogP contribution in [0.2, 0.25) is 0 Å². The van der Waals surface area contributed by atoms with Crippen molar-refractivity contribution in [1.29, 1.82) is 0 Å². The Hall–Kier alpha value is -1.43. The van der Waals surface area contributed by atoms with E-state index in [4.69, 9.17) is 9.47 Å². The molecule has 2 rings (SSSR count). The number of hydrogen-bond donors (Lipinski definition) is 2. The van der Waals surface area contributed by atoms with Gasteiger partial charge >= 0.3 is 0 Å². The van der Waals surface area contributed by atoms with Crippen LogP contribution >= 0.6 is 0 Å². The zero-order valence-corrected chi connectivity index (χ0v) is 11.1. The smallest absolute Gasteiger partial charge is 0.226 e. The van der Waals surface area contributed by atoms with Gasteiger partial charge in [0.1, 0.15) is 0 Å². The Morgan fingerprint density at radius 3 is 3.11 bits per heavy atom. The van der Waals surface area contributed by atoms with Crippen molar-refractivity contribution in [3.63, 3.8) is 0 Å². The van der Waals surface area contributed by atoms with Crippen LogP contribution in [0.3, 0.4) is 0 Å². The van der Waals surface area contributed by atoms with Crippen molar-refractivity contribution in [2.45, 2.75) is 19.1 Å². The number of amides is 1. The Balaban J connectivity index is 1.90. The molecule has 104 valence electrons. The minimum Gasteiger partial charge on any atom is -0.380 e. The van der Waals surface area contributed by atoms with Crippen molar-refractivity contribution in [2.75, 3.05) is 32.2 Å². The summed E-state index contributed by atoms with van der Waals surface area (Å²) in [6.07, 6.45) is 0.418. The molecule has 0 aromatic heterocycles. The molecule has 1 aliphatic rings. The molecule has 1 saturated heterocycles. The van der Waals surface area contributed by atoms with Crippen molar-refractivity contribution in [2.24, 2.45) is 0 Å². The van der Waals surface area contributed by atoms with E-state index in [2.05, 4.69) is 10.6 Å². The maximum Gasteiger partial charge on any atom is 0.226 e. The van der Waals surface area contributed by atoms with Gasteiger partial charge in [-0.2, -0.15) is 0 Å². The number of para-hydroxylation sites is 1. The van der Waals surface area contributed by atoms with Crippen LogP contribution in [0.4, 0.5) is 5.69 Å². The van der Waals surface area contributed by atoms with Gasteiger partial charge in [0.2, 0.25) is 5.91 Å². The number of methoxy groups -OCH3 is 1. The van der Waals surface area contributed by atoms with E-state index in [1.807, 2.05) is 24.3 Å². The zero-order valence-electron chi connectivity index (χ0n) is 11.1. The number of anilines is 1. The standard InChI is InChI=1S/C14H20N2O3/c1-18-9-11-4-2-3-5-13(11)16-14(17)8-12-10-19-7-6-15-12/h2-5,12,15H,6-10H2,1H3,(H,16,17). The normalized spacial score (nSPS) is 19.1. The van der Waals surface area contributed by atoms with Crippen molar-refractivity contribution in [3.8, 4) is 0 Å². The van der Waals surface area contributed by atoms with Crippen LogP contribution in [0, 0.1) is 0 Å². The highest BCUT2D eigenvalue weighted by Gasteiger charge is 2.17. The Labute approximate surface area is 113 Å². The monoisotopic (exact) mass is 264 g/mol. The van der Waals surface area contributed by atoms with Gasteiger partial charge in [-0.1, -0.05) is 18.2 Å². The molecule has 1 atom stereocenters. The van der Waals surface area contributed by atoms with Gasteiger partial charge < -0.3 is 20.1 Å². The third-order valence-electron chi connectivity index (χ3n) is 3.02.